The van der Waals surface area contributed by atoms with E-state index in [4.69, 9.17) is 9.16 Å². The quantitative estimate of drug-likeness (QED) is 0.139. The molecule has 1 saturated carbocycles. The molecule has 40 heavy (non-hydrogen) atoms. The molecule has 9 nitrogen and oxygen atoms in total. The van der Waals surface area contributed by atoms with Crippen LogP contribution in [0.5, 0.6) is 0 Å². The predicted molar refractivity (Wildman–Crippen MR) is 157 cm³/mol. The van der Waals surface area contributed by atoms with Gasteiger partial charge in [-0.1, -0.05) is 45.9 Å². The third kappa shape index (κ3) is 5.48. The summed E-state index contributed by atoms with van der Waals surface area (Å²) in [6, 6.07) is 1.61. The van der Waals surface area contributed by atoms with Crippen molar-refractivity contribution in [2.24, 2.45) is 17.8 Å². The molecule has 2 fully saturated rings. The lowest BCUT2D eigenvalue weighted by molar-refractivity contribution is -0.163. The van der Waals surface area contributed by atoms with Gasteiger partial charge in [-0.15, -0.1) is 0 Å². The van der Waals surface area contributed by atoms with Gasteiger partial charge in [0.05, 0.1) is 24.3 Å². The lowest BCUT2D eigenvalue weighted by Gasteiger charge is -2.51. The van der Waals surface area contributed by atoms with Crippen molar-refractivity contribution in [3.8, 4) is 0 Å². The number of carbonyl (C=O) groups is 3. The molecule has 1 aromatic rings. The van der Waals surface area contributed by atoms with Crippen LogP contribution in [0.25, 0.3) is 0 Å². The first-order valence-corrected chi connectivity index (χ1v) is 17.3. The SMILES string of the molecule is C=CCOC(=O)C1=C2[C@@H](/C=C/C(=O)Nc3ccnn3CC)CCC[C@@H]2[C@@H]2[C@@H]([C@@H](C)O[Si](C)(C)C(C)(C)C)C(=O)N12. The first kappa shape index (κ1) is 30.0. The topological polar surface area (TPSA) is 103 Å². The van der Waals surface area contributed by atoms with E-state index in [9.17, 15) is 14.4 Å². The molecule has 0 unspecified atom stereocenters. The van der Waals surface area contributed by atoms with Crippen molar-refractivity contribution >= 4 is 31.9 Å². The summed E-state index contributed by atoms with van der Waals surface area (Å²) in [6.45, 7) is 19.3. The normalized spacial score (nSPS) is 25.4. The van der Waals surface area contributed by atoms with E-state index in [-0.39, 0.29) is 53.4 Å². The third-order valence-electron chi connectivity index (χ3n) is 9.01. The number of hydrogen-bond donors (Lipinski definition) is 1. The van der Waals surface area contributed by atoms with E-state index in [1.807, 2.05) is 19.9 Å². The molecule has 0 spiro atoms. The van der Waals surface area contributed by atoms with Gasteiger partial charge < -0.3 is 19.4 Å². The molecule has 3 heterocycles. The molecule has 10 heteroatoms. The summed E-state index contributed by atoms with van der Waals surface area (Å²) in [4.78, 5) is 41.5. The monoisotopic (exact) mass is 568 g/mol. The van der Waals surface area contributed by atoms with Crippen LogP contribution in [0.15, 0.2) is 48.3 Å². The van der Waals surface area contributed by atoms with Crippen LogP contribution in [-0.4, -0.2) is 59.5 Å². The number of allylic oxidation sites excluding steroid dienone is 1. The molecule has 4 rings (SSSR count). The van der Waals surface area contributed by atoms with Crippen LogP contribution in [0.1, 0.15) is 53.9 Å². The zero-order valence-corrected chi connectivity index (χ0v) is 25.9. The highest BCUT2D eigenvalue weighted by atomic mass is 28.4. The Morgan fingerprint density at radius 1 is 1.30 bits per heavy atom. The summed E-state index contributed by atoms with van der Waals surface area (Å²) < 4.78 is 13.8. The van der Waals surface area contributed by atoms with Gasteiger partial charge in [0.25, 0.3) is 0 Å². The minimum absolute atomic E-state index is 0.0165. The van der Waals surface area contributed by atoms with Crippen LogP contribution in [0.2, 0.25) is 18.1 Å². The highest BCUT2D eigenvalue weighted by Gasteiger charge is 2.63. The van der Waals surface area contributed by atoms with E-state index in [0.29, 0.717) is 18.1 Å². The van der Waals surface area contributed by atoms with Crippen molar-refractivity contribution in [3.05, 3.63) is 48.3 Å². The Morgan fingerprint density at radius 3 is 2.67 bits per heavy atom. The van der Waals surface area contributed by atoms with E-state index in [2.05, 4.69) is 50.9 Å². The second-order valence-electron chi connectivity index (χ2n) is 12.5. The maximum atomic E-state index is 13.7. The number of β-lactam (4-membered cyclic amide) rings is 1. The molecule has 1 N–H and O–H groups in total. The van der Waals surface area contributed by atoms with Crippen molar-refractivity contribution in [2.75, 3.05) is 11.9 Å². The Kier molecular flexibility index (Phi) is 8.61. The molecule has 0 bridgehead atoms. The maximum Gasteiger partial charge on any atom is 0.355 e. The van der Waals surface area contributed by atoms with Crippen LogP contribution in [0.4, 0.5) is 5.82 Å². The van der Waals surface area contributed by atoms with Crippen LogP contribution < -0.4 is 5.32 Å². The smallest absolute Gasteiger partial charge is 0.355 e. The molecule has 218 valence electrons. The van der Waals surface area contributed by atoms with Crippen molar-refractivity contribution in [2.45, 2.75) is 90.7 Å². The predicted octanol–water partition coefficient (Wildman–Crippen LogP) is 5.05. The number of hydrogen-bond acceptors (Lipinski definition) is 6. The van der Waals surface area contributed by atoms with Gasteiger partial charge in [0, 0.05) is 24.4 Å². The molecule has 2 aliphatic heterocycles. The lowest BCUT2D eigenvalue weighted by atomic mass is 9.69. The molecule has 0 radical (unpaired) electrons. The van der Waals surface area contributed by atoms with E-state index >= 15 is 0 Å². The Balaban J connectivity index is 1.61. The van der Waals surface area contributed by atoms with Crippen LogP contribution in [-0.2, 0) is 30.1 Å². The van der Waals surface area contributed by atoms with E-state index in [1.165, 1.54) is 12.2 Å². The molecule has 0 aromatic carbocycles. The Bertz CT molecular complexity index is 1230. The largest absolute Gasteiger partial charge is 0.457 e. The lowest BCUT2D eigenvalue weighted by Crippen LogP contribution is -2.65. The minimum Gasteiger partial charge on any atom is -0.457 e. The highest BCUT2D eigenvalue weighted by molar-refractivity contribution is 6.74. The van der Waals surface area contributed by atoms with Gasteiger partial charge in [0.1, 0.15) is 18.1 Å². The number of rotatable bonds is 10. The number of carbonyl (C=O) groups excluding carboxylic acids is 3. The van der Waals surface area contributed by atoms with Gasteiger partial charge in [-0.25, -0.2) is 9.48 Å². The number of nitrogens with one attached hydrogen (secondary N) is 1. The molecule has 1 saturated heterocycles. The standard InChI is InChI=1S/C30H44N4O5Si/c1-9-18-38-29(37)27-25-20(14-15-23(35)32-22-16-17-31-33(22)10-2)12-11-13-21(25)26-24(28(36)34(26)27)19(3)39-40(7,8)30(4,5)6/h9,14-17,19-21,24,26H,1,10-13,18H2,2-8H3,(H,32,35)/b15-14+/t19-,20-,21+,24-,26-/m1/s1. The van der Waals surface area contributed by atoms with Crippen molar-refractivity contribution in [1.82, 2.24) is 14.7 Å². The highest BCUT2D eigenvalue weighted by Crippen LogP contribution is 2.55. The molecule has 3 aliphatic rings. The minimum atomic E-state index is -2.11. The fraction of sp³-hybridized carbons (Fsp3) is 0.600. The number of esters is 1. The van der Waals surface area contributed by atoms with E-state index in [0.717, 1.165) is 24.8 Å². The van der Waals surface area contributed by atoms with Gasteiger partial charge in [-0.3, -0.25) is 9.59 Å². The average Bonchev–Trinajstić information content (AvgIpc) is 3.45. The number of ether oxygens (including phenoxy) is 1. The first-order valence-electron chi connectivity index (χ1n) is 14.4. The zero-order chi connectivity index (χ0) is 29.4. The number of aryl methyl sites for hydroxylation is 1. The molecule has 1 aliphatic carbocycles. The van der Waals surface area contributed by atoms with Gasteiger partial charge >= 0.3 is 5.97 Å². The molecular formula is C30H44N4O5Si. The molecule has 5 atom stereocenters. The Morgan fingerprint density at radius 2 is 2.02 bits per heavy atom. The van der Waals surface area contributed by atoms with Gasteiger partial charge in [-0.2, -0.15) is 5.10 Å². The van der Waals surface area contributed by atoms with Crippen LogP contribution in [0, 0.1) is 17.8 Å². The fourth-order valence-electron chi connectivity index (χ4n) is 6.08. The van der Waals surface area contributed by atoms with E-state index in [1.54, 1.807) is 21.8 Å². The third-order valence-corrected chi connectivity index (χ3v) is 13.6. The summed E-state index contributed by atoms with van der Waals surface area (Å²) in [5, 5.41) is 7.08. The Labute approximate surface area is 238 Å². The van der Waals surface area contributed by atoms with Crippen LogP contribution >= 0.6 is 0 Å². The molecular weight excluding hydrogens is 524 g/mol. The van der Waals surface area contributed by atoms with Gasteiger partial charge in [0.2, 0.25) is 11.8 Å². The first-order chi connectivity index (χ1) is 18.8. The number of fused-ring (bicyclic) bond motifs is 3. The van der Waals surface area contributed by atoms with E-state index < -0.39 is 14.3 Å². The number of nitrogens with zero attached hydrogens (tertiary/aromatic N) is 3. The summed E-state index contributed by atoms with van der Waals surface area (Å²) in [6.07, 6.45) is 8.89. The summed E-state index contributed by atoms with van der Waals surface area (Å²) in [5.74, 6) is -0.684. The summed E-state index contributed by atoms with van der Waals surface area (Å²) >= 11 is 0. The van der Waals surface area contributed by atoms with Gasteiger partial charge in [-0.05, 0) is 56.5 Å². The van der Waals surface area contributed by atoms with Crippen molar-refractivity contribution in [3.63, 3.8) is 0 Å². The Hall–Kier alpha value is -2.98. The maximum absolute atomic E-state index is 13.7. The molecule has 2 amide bonds. The molecule has 1 aromatic heterocycles. The second-order valence-corrected chi connectivity index (χ2v) is 17.3. The average molecular weight is 569 g/mol. The van der Waals surface area contributed by atoms with Crippen molar-refractivity contribution in [1.29, 1.82) is 0 Å². The number of anilines is 1. The summed E-state index contributed by atoms with van der Waals surface area (Å²) in [5.41, 5.74) is 1.25. The number of aromatic nitrogens is 2. The summed E-state index contributed by atoms with van der Waals surface area (Å²) in [7, 11) is -2.11. The van der Waals surface area contributed by atoms with Crippen LogP contribution in [0.3, 0.4) is 0 Å². The number of amides is 2. The fourth-order valence-corrected chi connectivity index (χ4v) is 7.51. The second kappa shape index (κ2) is 11.5. The zero-order valence-electron chi connectivity index (χ0n) is 24.9. The van der Waals surface area contributed by atoms with Gasteiger partial charge in [0.15, 0.2) is 8.32 Å². The van der Waals surface area contributed by atoms with Crippen molar-refractivity contribution < 1.29 is 23.5 Å².